The van der Waals surface area contributed by atoms with E-state index in [-0.39, 0.29) is 6.04 Å². The van der Waals surface area contributed by atoms with E-state index in [0.717, 1.165) is 51.0 Å². The van der Waals surface area contributed by atoms with Gasteiger partial charge in [-0.05, 0) is 50.9 Å². The van der Waals surface area contributed by atoms with Gasteiger partial charge in [-0.2, -0.15) is 12.7 Å². The van der Waals surface area contributed by atoms with E-state index in [4.69, 9.17) is 4.42 Å². The van der Waals surface area contributed by atoms with Gasteiger partial charge in [-0.15, -0.1) is 0 Å². The van der Waals surface area contributed by atoms with Crippen molar-refractivity contribution in [1.82, 2.24) is 13.9 Å². The van der Waals surface area contributed by atoms with E-state index < -0.39 is 10.2 Å². The SMILES string of the molecule is O=S(=O)(NC[C@@H](c1ccco1)N1CCCC1)N1CCCCC1. The second-order valence-corrected chi connectivity index (χ2v) is 7.84. The highest BCUT2D eigenvalue weighted by atomic mass is 32.2. The largest absolute Gasteiger partial charge is 0.468 e. The highest BCUT2D eigenvalue weighted by Crippen LogP contribution is 2.25. The summed E-state index contributed by atoms with van der Waals surface area (Å²) in [6.07, 6.45) is 7.00. The Labute approximate surface area is 132 Å². The van der Waals surface area contributed by atoms with Crippen molar-refractivity contribution in [2.24, 2.45) is 0 Å². The van der Waals surface area contributed by atoms with Gasteiger partial charge in [-0.1, -0.05) is 6.42 Å². The Bertz CT molecular complexity index is 547. The Hall–Kier alpha value is -0.890. The first kappa shape index (κ1) is 16.0. The number of hydrogen-bond donors (Lipinski definition) is 1. The fourth-order valence-corrected chi connectivity index (χ4v) is 4.61. The predicted octanol–water partition coefficient (Wildman–Crippen LogP) is 1.74. The standard InChI is InChI=1S/C15H25N3O3S/c19-22(20,18-10-2-1-3-11-18)16-13-14(15-7-6-12-21-15)17-8-4-5-9-17/h6-7,12,14,16H,1-5,8-11,13H2/t14-/m0/s1. The van der Waals surface area contributed by atoms with Gasteiger partial charge in [0.2, 0.25) is 0 Å². The van der Waals surface area contributed by atoms with E-state index in [1.165, 1.54) is 0 Å². The van der Waals surface area contributed by atoms with Crippen molar-refractivity contribution in [2.45, 2.75) is 38.1 Å². The molecule has 2 aliphatic rings. The van der Waals surface area contributed by atoms with Crippen LogP contribution in [0.3, 0.4) is 0 Å². The number of likely N-dealkylation sites (tertiary alicyclic amines) is 1. The average Bonchev–Trinajstić information content (AvgIpc) is 3.22. The Kier molecular flexibility index (Phi) is 5.18. The van der Waals surface area contributed by atoms with Crippen molar-refractivity contribution in [3.63, 3.8) is 0 Å². The van der Waals surface area contributed by atoms with Crippen molar-refractivity contribution >= 4 is 10.2 Å². The molecule has 1 atom stereocenters. The van der Waals surface area contributed by atoms with Crippen LogP contribution < -0.4 is 4.72 Å². The summed E-state index contributed by atoms with van der Waals surface area (Å²) in [5.74, 6) is 0.836. The third-order valence-corrected chi connectivity index (χ3v) is 6.14. The summed E-state index contributed by atoms with van der Waals surface area (Å²) in [4.78, 5) is 2.30. The van der Waals surface area contributed by atoms with Crippen molar-refractivity contribution < 1.29 is 12.8 Å². The molecule has 1 aromatic rings. The van der Waals surface area contributed by atoms with Crippen LogP contribution >= 0.6 is 0 Å². The van der Waals surface area contributed by atoms with E-state index in [2.05, 4.69) is 9.62 Å². The van der Waals surface area contributed by atoms with Crippen molar-refractivity contribution in [1.29, 1.82) is 0 Å². The molecular weight excluding hydrogens is 302 g/mol. The Morgan fingerprint density at radius 1 is 1.09 bits per heavy atom. The summed E-state index contributed by atoms with van der Waals surface area (Å²) in [7, 11) is -3.38. The lowest BCUT2D eigenvalue weighted by molar-refractivity contribution is 0.215. The fraction of sp³-hybridized carbons (Fsp3) is 0.733. The van der Waals surface area contributed by atoms with Gasteiger partial charge >= 0.3 is 0 Å². The highest BCUT2D eigenvalue weighted by molar-refractivity contribution is 7.87. The van der Waals surface area contributed by atoms with Crippen LogP contribution in [0.4, 0.5) is 0 Å². The number of rotatable bonds is 6. The monoisotopic (exact) mass is 327 g/mol. The van der Waals surface area contributed by atoms with E-state index in [9.17, 15) is 8.42 Å². The molecule has 3 rings (SSSR count). The van der Waals surface area contributed by atoms with E-state index in [1.54, 1.807) is 10.6 Å². The smallest absolute Gasteiger partial charge is 0.279 e. The summed E-state index contributed by atoms with van der Waals surface area (Å²) in [5.41, 5.74) is 0. The van der Waals surface area contributed by atoms with Crippen LogP contribution in [-0.2, 0) is 10.2 Å². The molecule has 3 heterocycles. The zero-order chi connectivity index (χ0) is 15.4. The van der Waals surface area contributed by atoms with Gasteiger partial charge < -0.3 is 4.42 Å². The van der Waals surface area contributed by atoms with E-state index in [0.29, 0.717) is 19.6 Å². The molecule has 0 amide bonds. The van der Waals surface area contributed by atoms with Gasteiger partial charge in [0.05, 0.1) is 12.3 Å². The predicted molar refractivity (Wildman–Crippen MR) is 84.6 cm³/mol. The lowest BCUT2D eigenvalue weighted by atomic mass is 10.2. The average molecular weight is 327 g/mol. The first-order chi connectivity index (χ1) is 10.7. The second-order valence-electron chi connectivity index (χ2n) is 6.09. The Balaban J connectivity index is 1.65. The molecule has 1 N–H and O–H groups in total. The first-order valence-corrected chi connectivity index (χ1v) is 9.63. The molecule has 0 saturated carbocycles. The summed E-state index contributed by atoms with van der Waals surface area (Å²) >= 11 is 0. The molecule has 6 nitrogen and oxygen atoms in total. The molecule has 0 aliphatic carbocycles. The first-order valence-electron chi connectivity index (χ1n) is 8.19. The number of furan rings is 1. The van der Waals surface area contributed by atoms with Crippen molar-refractivity contribution in [3.8, 4) is 0 Å². The lowest BCUT2D eigenvalue weighted by Crippen LogP contribution is -2.46. The summed E-state index contributed by atoms with van der Waals surface area (Å²) < 4.78 is 34.8. The van der Waals surface area contributed by atoms with Crippen LogP contribution in [0, 0.1) is 0 Å². The van der Waals surface area contributed by atoms with E-state index in [1.807, 2.05) is 12.1 Å². The molecule has 0 bridgehead atoms. The molecule has 0 aromatic carbocycles. The number of nitrogens with zero attached hydrogens (tertiary/aromatic N) is 2. The third kappa shape index (κ3) is 3.71. The van der Waals surface area contributed by atoms with Crippen LogP contribution in [0.5, 0.6) is 0 Å². The molecule has 124 valence electrons. The lowest BCUT2D eigenvalue weighted by Gasteiger charge is -2.29. The number of hydrogen-bond acceptors (Lipinski definition) is 4. The minimum Gasteiger partial charge on any atom is -0.468 e. The van der Waals surface area contributed by atoms with Crippen LogP contribution in [0.2, 0.25) is 0 Å². The Morgan fingerprint density at radius 2 is 1.77 bits per heavy atom. The van der Waals surface area contributed by atoms with Gasteiger partial charge in [0.15, 0.2) is 0 Å². The van der Waals surface area contributed by atoms with Gasteiger partial charge in [0.1, 0.15) is 5.76 Å². The third-order valence-electron chi connectivity index (χ3n) is 4.57. The maximum atomic E-state index is 12.4. The maximum Gasteiger partial charge on any atom is 0.279 e. The zero-order valence-electron chi connectivity index (χ0n) is 12.9. The number of nitrogens with one attached hydrogen (secondary N) is 1. The van der Waals surface area contributed by atoms with Crippen LogP contribution in [0.1, 0.15) is 43.9 Å². The Morgan fingerprint density at radius 3 is 2.41 bits per heavy atom. The van der Waals surface area contributed by atoms with Gasteiger partial charge in [-0.3, -0.25) is 4.90 Å². The quantitative estimate of drug-likeness (QED) is 0.864. The normalized spacial score (nSPS) is 22.9. The fourth-order valence-electron chi connectivity index (χ4n) is 3.32. The molecule has 22 heavy (non-hydrogen) atoms. The molecule has 2 aliphatic heterocycles. The summed E-state index contributed by atoms with van der Waals surface area (Å²) in [5, 5.41) is 0. The minimum atomic E-state index is -3.38. The second kappa shape index (κ2) is 7.12. The maximum absolute atomic E-state index is 12.4. The molecule has 7 heteroatoms. The zero-order valence-corrected chi connectivity index (χ0v) is 13.7. The topological polar surface area (TPSA) is 65.8 Å². The van der Waals surface area contributed by atoms with E-state index >= 15 is 0 Å². The van der Waals surface area contributed by atoms with Crippen LogP contribution in [-0.4, -0.2) is 50.3 Å². The highest BCUT2D eigenvalue weighted by Gasteiger charge is 2.29. The van der Waals surface area contributed by atoms with Crippen molar-refractivity contribution in [2.75, 3.05) is 32.7 Å². The molecule has 2 fully saturated rings. The summed E-state index contributed by atoms with van der Waals surface area (Å²) in [6, 6.07) is 3.77. The van der Waals surface area contributed by atoms with Gasteiger partial charge in [-0.25, -0.2) is 4.72 Å². The molecule has 0 spiro atoms. The molecule has 0 unspecified atom stereocenters. The van der Waals surface area contributed by atoms with Crippen LogP contribution in [0.25, 0.3) is 0 Å². The van der Waals surface area contributed by atoms with Gasteiger partial charge in [0, 0.05) is 19.6 Å². The number of piperidine rings is 1. The molecular formula is C15H25N3O3S. The molecule has 2 saturated heterocycles. The van der Waals surface area contributed by atoms with Crippen molar-refractivity contribution in [3.05, 3.63) is 24.2 Å². The minimum absolute atomic E-state index is 0.0166. The molecule has 1 aromatic heterocycles. The molecule has 0 radical (unpaired) electrons. The van der Waals surface area contributed by atoms with Gasteiger partial charge in [0.25, 0.3) is 10.2 Å². The summed E-state index contributed by atoms with van der Waals surface area (Å²) in [6.45, 7) is 3.62. The van der Waals surface area contributed by atoms with Crippen LogP contribution in [0.15, 0.2) is 22.8 Å².